The molecular weight excluding hydrogens is 264 g/mol. The lowest BCUT2D eigenvalue weighted by Crippen LogP contribution is -2.50. The molecule has 0 aromatic carbocycles. The van der Waals surface area contributed by atoms with Crippen molar-refractivity contribution in [2.75, 3.05) is 13.1 Å². The minimum Gasteiger partial charge on any atom is -0.457 e. The highest BCUT2D eigenvalue weighted by atomic mass is 79.9. The second-order valence-corrected chi connectivity index (χ2v) is 4.16. The summed E-state index contributed by atoms with van der Waals surface area (Å²) in [7, 11) is 0. The number of rotatable bonds is 2. The maximum atomic E-state index is 11.1. The quantitative estimate of drug-likeness (QED) is 0.797. The molecule has 1 saturated heterocycles. The molecule has 0 atom stereocenters. The van der Waals surface area contributed by atoms with Crippen LogP contribution in [-0.2, 0) is 16.1 Å². The molecule has 0 spiro atoms. The van der Waals surface area contributed by atoms with Crippen LogP contribution in [0.5, 0.6) is 0 Å². The van der Waals surface area contributed by atoms with Gasteiger partial charge in [0.2, 0.25) is 11.8 Å². The molecule has 0 saturated carbocycles. The van der Waals surface area contributed by atoms with Crippen molar-refractivity contribution in [3.8, 4) is 0 Å². The van der Waals surface area contributed by atoms with Gasteiger partial charge in [0.1, 0.15) is 0 Å². The zero-order valence-electron chi connectivity index (χ0n) is 7.83. The first-order valence-electron chi connectivity index (χ1n) is 4.41. The number of piperazine rings is 1. The number of carbonyl (C=O) groups excluding carboxylic acids is 2. The molecule has 0 aliphatic carbocycles. The molecular formula is C9H9BrN2O3. The Morgan fingerprint density at radius 3 is 2.60 bits per heavy atom. The molecule has 1 aromatic heterocycles. The zero-order valence-corrected chi connectivity index (χ0v) is 9.41. The van der Waals surface area contributed by atoms with Gasteiger partial charge in [-0.15, -0.1) is 0 Å². The first-order valence-corrected chi connectivity index (χ1v) is 5.21. The van der Waals surface area contributed by atoms with Gasteiger partial charge in [-0.25, -0.2) is 0 Å². The molecule has 0 radical (unpaired) electrons. The SMILES string of the molecule is O=C1CN(Cc2coc(Br)c2)CC(=O)N1. The van der Waals surface area contributed by atoms with Crippen LogP contribution in [0.4, 0.5) is 0 Å². The minimum absolute atomic E-state index is 0.245. The molecule has 1 N–H and O–H groups in total. The first kappa shape index (κ1) is 10.4. The van der Waals surface area contributed by atoms with Crippen molar-refractivity contribution in [2.45, 2.75) is 6.54 Å². The molecule has 0 bridgehead atoms. The number of halogens is 1. The number of carbonyl (C=O) groups is 2. The molecule has 2 amide bonds. The van der Waals surface area contributed by atoms with E-state index >= 15 is 0 Å². The summed E-state index contributed by atoms with van der Waals surface area (Å²) in [5.41, 5.74) is 0.935. The lowest BCUT2D eigenvalue weighted by atomic mass is 10.2. The topological polar surface area (TPSA) is 62.6 Å². The van der Waals surface area contributed by atoms with Gasteiger partial charge in [0.15, 0.2) is 4.67 Å². The Morgan fingerprint density at radius 1 is 1.40 bits per heavy atom. The predicted molar refractivity (Wildman–Crippen MR) is 54.8 cm³/mol. The van der Waals surface area contributed by atoms with Gasteiger partial charge in [-0.2, -0.15) is 0 Å². The largest absolute Gasteiger partial charge is 0.457 e. The van der Waals surface area contributed by atoms with Gasteiger partial charge in [-0.3, -0.25) is 19.8 Å². The van der Waals surface area contributed by atoms with E-state index < -0.39 is 0 Å². The smallest absolute Gasteiger partial charge is 0.240 e. The van der Waals surface area contributed by atoms with Gasteiger partial charge in [0, 0.05) is 12.1 Å². The van der Waals surface area contributed by atoms with Gasteiger partial charge in [0.25, 0.3) is 0 Å². The molecule has 1 aliphatic rings. The van der Waals surface area contributed by atoms with Gasteiger partial charge in [-0.1, -0.05) is 0 Å². The van der Waals surface area contributed by atoms with Crippen molar-refractivity contribution in [1.29, 1.82) is 0 Å². The third-order valence-corrected chi connectivity index (χ3v) is 2.46. The molecule has 1 aliphatic heterocycles. The Morgan fingerprint density at radius 2 is 2.07 bits per heavy atom. The number of amides is 2. The Bertz CT molecular complexity index is 386. The molecule has 80 valence electrons. The molecule has 0 unspecified atom stereocenters. The average Bonchev–Trinajstić information content (AvgIpc) is 2.49. The van der Waals surface area contributed by atoms with E-state index in [9.17, 15) is 9.59 Å². The third-order valence-electron chi connectivity index (χ3n) is 2.04. The summed E-state index contributed by atoms with van der Waals surface area (Å²) in [6, 6.07) is 1.82. The second-order valence-electron chi connectivity index (χ2n) is 3.38. The lowest BCUT2D eigenvalue weighted by molar-refractivity contribution is -0.136. The highest BCUT2D eigenvalue weighted by Gasteiger charge is 2.22. The van der Waals surface area contributed by atoms with Crippen LogP contribution in [0.1, 0.15) is 5.56 Å². The Balaban J connectivity index is 2.00. The van der Waals surface area contributed by atoms with Crippen LogP contribution in [0.3, 0.4) is 0 Å². The van der Waals surface area contributed by atoms with Crippen LogP contribution in [0.2, 0.25) is 0 Å². The zero-order chi connectivity index (χ0) is 10.8. The molecule has 1 aromatic rings. The van der Waals surface area contributed by atoms with Gasteiger partial charge < -0.3 is 4.42 Å². The van der Waals surface area contributed by atoms with Crippen molar-refractivity contribution in [3.63, 3.8) is 0 Å². The Kier molecular flexibility index (Phi) is 2.88. The highest BCUT2D eigenvalue weighted by Crippen LogP contribution is 2.15. The van der Waals surface area contributed by atoms with E-state index in [-0.39, 0.29) is 24.9 Å². The Labute approximate surface area is 94.5 Å². The molecule has 1 fully saturated rings. The second kappa shape index (κ2) is 4.16. The maximum Gasteiger partial charge on any atom is 0.240 e. The van der Waals surface area contributed by atoms with Crippen LogP contribution in [-0.4, -0.2) is 29.8 Å². The average molecular weight is 273 g/mol. The summed E-state index contributed by atoms with van der Waals surface area (Å²) in [4.78, 5) is 23.9. The van der Waals surface area contributed by atoms with E-state index in [0.29, 0.717) is 11.2 Å². The first-order chi connectivity index (χ1) is 7.13. The number of hydrogen-bond acceptors (Lipinski definition) is 4. The van der Waals surface area contributed by atoms with E-state index in [1.165, 1.54) is 0 Å². The van der Waals surface area contributed by atoms with E-state index in [0.717, 1.165) is 5.56 Å². The fourth-order valence-electron chi connectivity index (χ4n) is 1.50. The predicted octanol–water partition coefficient (Wildman–Crippen LogP) is 0.500. The van der Waals surface area contributed by atoms with Crippen LogP contribution >= 0.6 is 15.9 Å². The summed E-state index contributed by atoms with van der Waals surface area (Å²) in [5.74, 6) is -0.511. The van der Waals surface area contributed by atoms with Gasteiger partial charge in [0.05, 0.1) is 19.4 Å². The molecule has 5 nitrogen and oxygen atoms in total. The summed E-state index contributed by atoms with van der Waals surface area (Å²) < 4.78 is 5.71. The van der Waals surface area contributed by atoms with E-state index in [1.807, 2.05) is 6.07 Å². The number of nitrogens with one attached hydrogen (secondary N) is 1. The van der Waals surface area contributed by atoms with E-state index in [4.69, 9.17) is 4.42 Å². The van der Waals surface area contributed by atoms with E-state index in [2.05, 4.69) is 21.2 Å². The summed E-state index contributed by atoms with van der Waals surface area (Å²) >= 11 is 3.19. The maximum absolute atomic E-state index is 11.1. The Hall–Kier alpha value is -1.14. The molecule has 2 rings (SSSR count). The summed E-state index contributed by atoms with van der Waals surface area (Å²) in [5, 5.41) is 2.25. The monoisotopic (exact) mass is 272 g/mol. The standard InChI is InChI=1S/C9H9BrN2O3/c10-7-1-6(5-15-7)2-12-3-8(13)11-9(14)4-12/h1,5H,2-4H2,(H,11,13,14). The molecule has 15 heavy (non-hydrogen) atoms. The van der Waals surface area contributed by atoms with Crippen molar-refractivity contribution in [2.24, 2.45) is 0 Å². The van der Waals surface area contributed by atoms with Crippen LogP contribution in [0.15, 0.2) is 21.4 Å². The van der Waals surface area contributed by atoms with Crippen LogP contribution in [0, 0.1) is 0 Å². The number of imide groups is 1. The number of furan rings is 1. The summed E-state index contributed by atoms with van der Waals surface area (Å²) in [6.07, 6.45) is 1.60. The van der Waals surface area contributed by atoms with Gasteiger partial charge in [-0.05, 0) is 22.0 Å². The molecule has 6 heteroatoms. The van der Waals surface area contributed by atoms with Crippen LogP contribution in [0.25, 0.3) is 0 Å². The van der Waals surface area contributed by atoms with Crippen LogP contribution < -0.4 is 5.32 Å². The third kappa shape index (κ3) is 2.66. The van der Waals surface area contributed by atoms with Crippen molar-refractivity contribution in [3.05, 3.63) is 22.6 Å². The highest BCUT2D eigenvalue weighted by molar-refractivity contribution is 9.10. The minimum atomic E-state index is -0.256. The number of hydrogen-bond donors (Lipinski definition) is 1. The fraction of sp³-hybridized carbons (Fsp3) is 0.333. The lowest BCUT2D eigenvalue weighted by Gasteiger charge is -2.24. The summed E-state index contributed by atoms with van der Waals surface area (Å²) in [6.45, 7) is 1.03. The van der Waals surface area contributed by atoms with E-state index in [1.54, 1.807) is 11.2 Å². The molecule has 2 heterocycles. The van der Waals surface area contributed by atoms with Crippen molar-refractivity contribution >= 4 is 27.7 Å². The fourth-order valence-corrected chi connectivity index (χ4v) is 1.88. The van der Waals surface area contributed by atoms with Gasteiger partial charge >= 0.3 is 0 Å². The normalized spacial score (nSPS) is 17.9. The van der Waals surface area contributed by atoms with Crippen molar-refractivity contribution in [1.82, 2.24) is 10.2 Å². The number of nitrogens with zero attached hydrogens (tertiary/aromatic N) is 1. The van der Waals surface area contributed by atoms with Crippen molar-refractivity contribution < 1.29 is 14.0 Å².